The van der Waals surface area contributed by atoms with Crippen LogP contribution in [-0.2, 0) is 6.54 Å². The van der Waals surface area contributed by atoms with Crippen LogP contribution < -0.4 is 4.90 Å². The molecule has 5 nitrogen and oxygen atoms in total. The summed E-state index contributed by atoms with van der Waals surface area (Å²) in [5.41, 5.74) is 3.24. The minimum Gasteiger partial charge on any atom is -0.368 e. The van der Waals surface area contributed by atoms with Gasteiger partial charge in [0.2, 0.25) is 0 Å². The number of nitrogens with zero attached hydrogens (tertiary/aromatic N) is 4. The smallest absolute Gasteiger partial charge is 0.159 e. The fraction of sp³-hybridized carbons (Fsp3) is 0.316. The minimum absolute atomic E-state index is 0.0135. The number of Topliss-reactive ketones (excluding diaryl/α,β-unsaturated/α-hetero) is 1. The van der Waals surface area contributed by atoms with Gasteiger partial charge in [-0.1, -0.05) is 17.7 Å². The molecule has 6 heteroatoms. The third-order valence-electron chi connectivity index (χ3n) is 4.43. The molecular weight excluding hydrogens is 336 g/mol. The maximum atomic E-state index is 11.6. The molecule has 2 aromatic rings. The van der Waals surface area contributed by atoms with Gasteiger partial charge in [-0.15, -0.1) is 0 Å². The molecule has 1 aliphatic rings. The summed E-state index contributed by atoms with van der Waals surface area (Å²) < 4.78 is 0. The summed E-state index contributed by atoms with van der Waals surface area (Å²) in [7, 11) is 0. The van der Waals surface area contributed by atoms with Crippen LogP contribution >= 0.6 is 11.6 Å². The van der Waals surface area contributed by atoms with E-state index in [0.717, 1.165) is 44.0 Å². The largest absolute Gasteiger partial charge is 0.368 e. The molecule has 128 valence electrons. The van der Waals surface area contributed by atoms with Crippen LogP contribution in [0.15, 0.2) is 36.5 Å². The molecular formula is C19H19ClN4O. The standard InChI is InChI=1S/C19H19ClN4O/c1-14(25)16-3-4-17(11-21)18(10-16)24-8-6-23(7-9-24)13-15-2-5-19(20)22-12-15/h2-5,10,12H,6-9,13H2,1H3. The summed E-state index contributed by atoms with van der Waals surface area (Å²) in [4.78, 5) is 20.3. The van der Waals surface area contributed by atoms with Crippen LogP contribution in [0, 0.1) is 11.3 Å². The van der Waals surface area contributed by atoms with Crippen LogP contribution in [0.4, 0.5) is 5.69 Å². The molecule has 25 heavy (non-hydrogen) atoms. The van der Waals surface area contributed by atoms with E-state index in [0.29, 0.717) is 16.3 Å². The molecule has 0 atom stereocenters. The lowest BCUT2D eigenvalue weighted by Gasteiger charge is -2.36. The number of piperazine rings is 1. The average molecular weight is 355 g/mol. The van der Waals surface area contributed by atoms with Crippen molar-refractivity contribution in [1.29, 1.82) is 5.26 Å². The summed E-state index contributed by atoms with van der Waals surface area (Å²) in [6.45, 7) is 5.78. The summed E-state index contributed by atoms with van der Waals surface area (Å²) in [5, 5.41) is 9.86. The highest BCUT2D eigenvalue weighted by Gasteiger charge is 2.20. The predicted octanol–water partition coefficient (Wildman–Crippen LogP) is 3.13. The molecule has 1 aromatic heterocycles. The van der Waals surface area contributed by atoms with E-state index in [4.69, 9.17) is 11.6 Å². The third-order valence-corrected chi connectivity index (χ3v) is 4.66. The number of carbonyl (C=O) groups is 1. The van der Waals surface area contributed by atoms with E-state index in [2.05, 4.69) is 20.9 Å². The topological polar surface area (TPSA) is 60.2 Å². The van der Waals surface area contributed by atoms with E-state index in [9.17, 15) is 10.1 Å². The van der Waals surface area contributed by atoms with Crippen molar-refractivity contribution in [2.75, 3.05) is 31.1 Å². The van der Waals surface area contributed by atoms with Crippen molar-refractivity contribution in [1.82, 2.24) is 9.88 Å². The van der Waals surface area contributed by atoms with Crippen LogP contribution in [0.2, 0.25) is 5.15 Å². The van der Waals surface area contributed by atoms with Crippen LogP contribution in [-0.4, -0.2) is 41.8 Å². The van der Waals surface area contributed by atoms with Gasteiger partial charge in [0.05, 0.1) is 11.3 Å². The molecule has 0 aliphatic carbocycles. The Morgan fingerprint density at radius 3 is 2.60 bits per heavy atom. The molecule has 1 aromatic carbocycles. The molecule has 0 radical (unpaired) electrons. The van der Waals surface area contributed by atoms with Gasteiger partial charge < -0.3 is 4.90 Å². The number of halogens is 1. The minimum atomic E-state index is 0.0135. The summed E-state index contributed by atoms with van der Waals surface area (Å²) in [6.07, 6.45) is 1.80. The third kappa shape index (κ3) is 4.16. The quantitative estimate of drug-likeness (QED) is 0.623. The lowest BCUT2D eigenvalue weighted by Crippen LogP contribution is -2.46. The van der Waals surface area contributed by atoms with Crippen molar-refractivity contribution in [3.63, 3.8) is 0 Å². The van der Waals surface area contributed by atoms with E-state index in [1.807, 2.05) is 12.1 Å². The van der Waals surface area contributed by atoms with Crippen LogP contribution in [0.1, 0.15) is 28.4 Å². The SMILES string of the molecule is CC(=O)c1ccc(C#N)c(N2CCN(Cc3ccc(Cl)nc3)CC2)c1. The number of hydrogen-bond donors (Lipinski definition) is 0. The average Bonchev–Trinajstić information content (AvgIpc) is 2.63. The van der Waals surface area contributed by atoms with Gasteiger partial charge in [-0.3, -0.25) is 9.69 Å². The zero-order valence-corrected chi connectivity index (χ0v) is 14.8. The van der Waals surface area contributed by atoms with Gasteiger partial charge >= 0.3 is 0 Å². The highest BCUT2D eigenvalue weighted by atomic mass is 35.5. The Labute approximate surface area is 152 Å². The van der Waals surface area contributed by atoms with Crippen molar-refractivity contribution >= 4 is 23.1 Å². The first-order valence-corrected chi connectivity index (χ1v) is 8.57. The molecule has 2 heterocycles. The van der Waals surface area contributed by atoms with Crippen LogP contribution in [0.5, 0.6) is 0 Å². The Balaban J connectivity index is 1.68. The van der Waals surface area contributed by atoms with Gasteiger partial charge in [-0.05, 0) is 36.8 Å². The second-order valence-corrected chi connectivity index (χ2v) is 6.54. The first-order chi connectivity index (χ1) is 12.1. The number of anilines is 1. The normalized spacial score (nSPS) is 15.0. The van der Waals surface area contributed by atoms with E-state index in [-0.39, 0.29) is 5.78 Å². The summed E-state index contributed by atoms with van der Waals surface area (Å²) >= 11 is 5.82. The van der Waals surface area contributed by atoms with Gasteiger partial charge in [0.1, 0.15) is 11.2 Å². The fourth-order valence-electron chi connectivity index (χ4n) is 3.01. The molecule has 0 saturated carbocycles. The van der Waals surface area contributed by atoms with Gasteiger partial charge in [-0.25, -0.2) is 4.98 Å². The molecule has 1 saturated heterocycles. The number of benzene rings is 1. The number of ketones is 1. The summed E-state index contributed by atoms with van der Waals surface area (Å²) in [5.74, 6) is 0.0135. The van der Waals surface area contributed by atoms with Crippen molar-refractivity contribution in [2.24, 2.45) is 0 Å². The number of aromatic nitrogens is 1. The first-order valence-electron chi connectivity index (χ1n) is 8.19. The highest BCUT2D eigenvalue weighted by molar-refractivity contribution is 6.29. The molecule has 1 fully saturated rings. The van der Waals surface area contributed by atoms with Crippen molar-refractivity contribution in [3.05, 3.63) is 58.4 Å². The second kappa shape index (κ2) is 7.64. The van der Waals surface area contributed by atoms with Crippen molar-refractivity contribution < 1.29 is 4.79 Å². The highest BCUT2D eigenvalue weighted by Crippen LogP contribution is 2.24. The molecule has 1 aliphatic heterocycles. The van der Waals surface area contributed by atoms with Gasteiger partial charge in [0.15, 0.2) is 5.78 Å². The first kappa shape index (κ1) is 17.4. The molecule has 0 N–H and O–H groups in total. The lowest BCUT2D eigenvalue weighted by atomic mass is 10.1. The molecule has 0 unspecified atom stereocenters. The number of rotatable bonds is 4. The molecule has 0 bridgehead atoms. The zero-order chi connectivity index (χ0) is 17.8. The number of hydrogen-bond acceptors (Lipinski definition) is 5. The lowest BCUT2D eigenvalue weighted by molar-refractivity contribution is 0.101. The van der Waals surface area contributed by atoms with Crippen LogP contribution in [0.25, 0.3) is 0 Å². The van der Waals surface area contributed by atoms with E-state index in [1.165, 1.54) is 0 Å². The second-order valence-electron chi connectivity index (χ2n) is 6.15. The molecule has 0 amide bonds. The Bertz CT molecular complexity index is 805. The van der Waals surface area contributed by atoms with Gasteiger partial charge in [0.25, 0.3) is 0 Å². The number of pyridine rings is 1. The molecule has 0 spiro atoms. The van der Waals surface area contributed by atoms with E-state index in [1.54, 1.807) is 31.3 Å². The monoisotopic (exact) mass is 354 g/mol. The zero-order valence-electron chi connectivity index (χ0n) is 14.1. The Morgan fingerprint density at radius 2 is 2.00 bits per heavy atom. The van der Waals surface area contributed by atoms with Crippen LogP contribution in [0.3, 0.4) is 0 Å². The molecule has 3 rings (SSSR count). The fourth-order valence-corrected chi connectivity index (χ4v) is 3.12. The van der Waals surface area contributed by atoms with Crippen molar-refractivity contribution in [2.45, 2.75) is 13.5 Å². The number of nitriles is 1. The summed E-state index contributed by atoms with van der Waals surface area (Å²) in [6, 6.07) is 11.3. The van der Waals surface area contributed by atoms with Gasteiger partial charge in [-0.2, -0.15) is 5.26 Å². The number of carbonyl (C=O) groups excluding carboxylic acids is 1. The maximum absolute atomic E-state index is 11.6. The van der Waals surface area contributed by atoms with Gasteiger partial charge in [0, 0.05) is 44.5 Å². The predicted molar refractivity (Wildman–Crippen MR) is 97.9 cm³/mol. The Morgan fingerprint density at radius 1 is 1.24 bits per heavy atom. The maximum Gasteiger partial charge on any atom is 0.159 e. The van der Waals surface area contributed by atoms with E-state index >= 15 is 0 Å². The Kier molecular flexibility index (Phi) is 5.32. The van der Waals surface area contributed by atoms with Crippen molar-refractivity contribution in [3.8, 4) is 6.07 Å². The van der Waals surface area contributed by atoms with E-state index < -0.39 is 0 Å². The Hall–Kier alpha value is -2.42.